The Balaban J connectivity index is 2.07. The van der Waals surface area contributed by atoms with Crippen molar-refractivity contribution < 1.29 is 9.53 Å². The van der Waals surface area contributed by atoms with Crippen molar-refractivity contribution in [2.24, 2.45) is 0 Å². The fourth-order valence-electron chi connectivity index (χ4n) is 2.92. The minimum Gasteiger partial charge on any atom is -0.466 e. The number of hydrogen-bond donors (Lipinski definition) is 2. The first kappa shape index (κ1) is 18.4. The van der Waals surface area contributed by atoms with E-state index < -0.39 is 0 Å². The lowest BCUT2D eigenvalue weighted by molar-refractivity contribution is -0.143. The third-order valence-electron chi connectivity index (χ3n) is 4.32. The normalized spacial score (nSPS) is 16.6. The van der Waals surface area contributed by atoms with Gasteiger partial charge in [-0.3, -0.25) is 4.79 Å². The Hall–Kier alpha value is -1.95. The summed E-state index contributed by atoms with van der Waals surface area (Å²) in [6.45, 7) is 8.48. The molecule has 1 aromatic carbocycles. The molecule has 134 valence electrons. The smallest absolute Gasteiger partial charge is 0.307 e. The fraction of sp³-hybridized carbons (Fsp3) is 0.611. The van der Waals surface area contributed by atoms with Crippen molar-refractivity contribution in [3.05, 3.63) is 18.2 Å². The summed E-state index contributed by atoms with van der Waals surface area (Å²) in [4.78, 5) is 16.4. The molecule has 24 heavy (non-hydrogen) atoms. The summed E-state index contributed by atoms with van der Waals surface area (Å²) in [5.74, 6) is -0.168. The Morgan fingerprint density at radius 3 is 2.58 bits per heavy atom. The van der Waals surface area contributed by atoms with E-state index in [1.54, 1.807) is 0 Å². The maximum absolute atomic E-state index is 11.7. The van der Waals surface area contributed by atoms with Crippen LogP contribution in [0.15, 0.2) is 18.2 Å². The standard InChI is InChI=1S/C18H30N4O2/c1-5-24-18(23)12-14(2)20-17-13-15(6-7-16(17)19-3)22-10-8-21(4)9-11-22/h6-7,13-14,19-20H,5,8-12H2,1-4H3. The van der Waals surface area contributed by atoms with Gasteiger partial charge in [-0.2, -0.15) is 0 Å². The Bertz CT molecular complexity index is 542. The highest BCUT2D eigenvalue weighted by Gasteiger charge is 2.17. The number of nitrogens with zero attached hydrogens (tertiary/aromatic N) is 2. The van der Waals surface area contributed by atoms with Crippen LogP contribution in [0, 0.1) is 0 Å². The molecule has 1 atom stereocenters. The summed E-state index contributed by atoms with van der Waals surface area (Å²) in [5.41, 5.74) is 3.27. The van der Waals surface area contributed by atoms with Crippen LogP contribution in [0.25, 0.3) is 0 Å². The van der Waals surface area contributed by atoms with Crippen molar-refractivity contribution >= 4 is 23.0 Å². The zero-order valence-corrected chi connectivity index (χ0v) is 15.3. The molecular weight excluding hydrogens is 304 g/mol. The SMILES string of the molecule is CCOC(=O)CC(C)Nc1cc(N2CCN(C)CC2)ccc1NC. The minimum atomic E-state index is -0.168. The number of carbonyl (C=O) groups excluding carboxylic acids is 1. The third-order valence-corrected chi connectivity index (χ3v) is 4.32. The number of anilines is 3. The molecule has 6 heteroatoms. The Morgan fingerprint density at radius 1 is 1.25 bits per heavy atom. The lowest BCUT2D eigenvalue weighted by atomic mass is 10.1. The molecule has 0 bridgehead atoms. The summed E-state index contributed by atoms with van der Waals surface area (Å²) in [6.07, 6.45) is 0.357. The first-order valence-corrected chi connectivity index (χ1v) is 8.71. The maximum Gasteiger partial charge on any atom is 0.307 e. The summed E-state index contributed by atoms with van der Waals surface area (Å²) in [5, 5.41) is 6.65. The second kappa shape index (κ2) is 8.78. The van der Waals surface area contributed by atoms with E-state index in [-0.39, 0.29) is 12.0 Å². The molecule has 1 heterocycles. The van der Waals surface area contributed by atoms with E-state index in [0.29, 0.717) is 13.0 Å². The molecule has 0 aliphatic carbocycles. The Kier molecular flexibility index (Phi) is 6.73. The summed E-state index contributed by atoms with van der Waals surface area (Å²) >= 11 is 0. The lowest BCUT2D eigenvalue weighted by Crippen LogP contribution is -2.44. The maximum atomic E-state index is 11.7. The molecule has 2 rings (SSSR count). The predicted octanol–water partition coefficient (Wildman–Crippen LogP) is 2.23. The number of rotatable bonds is 7. The van der Waals surface area contributed by atoms with Crippen molar-refractivity contribution in [3.63, 3.8) is 0 Å². The highest BCUT2D eigenvalue weighted by Crippen LogP contribution is 2.29. The highest BCUT2D eigenvalue weighted by molar-refractivity contribution is 5.76. The number of carbonyl (C=O) groups is 1. The first-order valence-electron chi connectivity index (χ1n) is 8.71. The van der Waals surface area contributed by atoms with Crippen molar-refractivity contribution in [2.75, 3.05) is 62.4 Å². The third kappa shape index (κ3) is 5.03. The zero-order valence-electron chi connectivity index (χ0n) is 15.3. The molecule has 0 spiro atoms. The molecule has 1 fully saturated rings. The van der Waals surface area contributed by atoms with E-state index in [0.717, 1.165) is 37.6 Å². The molecule has 1 aliphatic heterocycles. The van der Waals surface area contributed by atoms with E-state index in [1.165, 1.54) is 5.69 Å². The molecule has 0 radical (unpaired) electrons. The van der Waals surface area contributed by atoms with Gasteiger partial charge in [-0.15, -0.1) is 0 Å². The Morgan fingerprint density at radius 2 is 1.96 bits per heavy atom. The van der Waals surface area contributed by atoms with Gasteiger partial charge in [0.05, 0.1) is 24.4 Å². The summed E-state index contributed by atoms with van der Waals surface area (Å²) in [7, 11) is 4.07. The number of benzene rings is 1. The fourth-order valence-corrected chi connectivity index (χ4v) is 2.92. The average molecular weight is 334 g/mol. The van der Waals surface area contributed by atoms with E-state index in [2.05, 4.69) is 45.7 Å². The zero-order chi connectivity index (χ0) is 17.5. The molecule has 0 aromatic heterocycles. The lowest BCUT2D eigenvalue weighted by Gasteiger charge is -2.34. The number of nitrogens with one attached hydrogen (secondary N) is 2. The van der Waals surface area contributed by atoms with Crippen LogP contribution in [0.5, 0.6) is 0 Å². The second-order valence-corrected chi connectivity index (χ2v) is 6.32. The van der Waals surface area contributed by atoms with Crippen LogP contribution in [-0.2, 0) is 9.53 Å². The molecule has 1 aliphatic rings. The molecule has 1 unspecified atom stereocenters. The van der Waals surface area contributed by atoms with Gasteiger partial charge in [0.1, 0.15) is 0 Å². The average Bonchev–Trinajstić information content (AvgIpc) is 2.55. The van der Waals surface area contributed by atoms with E-state index in [9.17, 15) is 4.79 Å². The quantitative estimate of drug-likeness (QED) is 0.746. The van der Waals surface area contributed by atoms with Gasteiger partial charge in [-0.1, -0.05) is 0 Å². The number of piperazine rings is 1. The van der Waals surface area contributed by atoms with Crippen molar-refractivity contribution in [1.82, 2.24) is 4.90 Å². The number of ether oxygens (including phenoxy) is 1. The van der Waals surface area contributed by atoms with Crippen LogP contribution in [0.4, 0.5) is 17.1 Å². The van der Waals surface area contributed by atoms with Gasteiger partial charge in [-0.05, 0) is 39.1 Å². The largest absolute Gasteiger partial charge is 0.466 e. The van der Waals surface area contributed by atoms with Crippen molar-refractivity contribution in [1.29, 1.82) is 0 Å². The van der Waals surface area contributed by atoms with Crippen LogP contribution in [-0.4, -0.2) is 63.8 Å². The predicted molar refractivity (Wildman–Crippen MR) is 100 cm³/mol. The minimum absolute atomic E-state index is 0.0129. The highest BCUT2D eigenvalue weighted by atomic mass is 16.5. The topological polar surface area (TPSA) is 56.8 Å². The molecular formula is C18H30N4O2. The molecule has 1 saturated heterocycles. The number of hydrogen-bond acceptors (Lipinski definition) is 6. The van der Waals surface area contributed by atoms with Crippen LogP contribution >= 0.6 is 0 Å². The monoisotopic (exact) mass is 334 g/mol. The molecule has 0 amide bonds. The number of likely N-dealkylation sites (N-methyl/N-ethyl adjacent to an activating group) is 1. The van der Waals surface area contributed by atoms with Crippen LogP contribution in [0.2, 0.25) is 0 Å². The van der Waals surface area contributed by atoms with Gasteiger partial charge < -0.3 is 25.2 Å². The molecule has 2 N–H and O–H groups in total. The van der Waals surface area contributed by atoms with E-state index in [1.807, 2.05) is 20.9 Å². The van der Waals surface area contributed by atoms with E-state index >= 15 is 0 Å². The second-order valence-electron chi connectivity index (χ2n) is 6.32. The van der Waals surface area contributed by atoms with Crippen molar-refractivity contribution in [3.8, 4) is 0 Å². The van der Waals surface area contributed by atoms with Gasteiger partial charge >= 0.3 is 5.97 Å². The number of esters is 1. The Labute approximate surface area is 145 Å². The van der Waals surface area contributed by atoms with Gasteiger partial charge in [0, 0.05) is 45.0 Å². The molecule has 1 aromatic rings. The molecule has 0 saturated carbocycles. The van der Waals surface area contributed by atoms with Crippen molar-refractivity contribution in [2.45, 2.75) is 26.3 Å². The summed E-state index contributed by atoms with van der Waals surface area (Å²) < 4.78 is 5.03. The van der Waals surface area contributed by atoms with Crippen LogP contribution < -0.4 is 15.5 Å². The van der Waals surface area contributed by atoms with Gasteiger partial charge in [-0.25, -0.2) is 0 Å². The van der Waals surface area contributed by atoms with Crippen LogP contribution in [0.1, 0.15) is 20.3 Å². The van der Waals surface area contributed by atoms with E-state index in [4.69, 9.17) is 4.74 Å². The van der Waals surface area contributed by atoms with Gasteiger partial charge in [0.2, 0.25) is 0 Å². The van der Waals surface area contributed by atoms with Gasteiger partial charge in [0.15, 0.2) is 0 Å². The first-order chi connectivity index (χ1) is 11.5. The summed E-state index contributed by atoms with van der Waals surface area (Å²) in [6, 6.07) is 6.42. The van der Waals surface area contributed by atoms with Gasteiger partial charge in [0.25, 0.3) is 0 Å². The van der Waals surface area contributed by atoms with Crippen LogP contribution in [0.3, 0.4) is 0 Å². The molecule has 6 nitrogen and oxygen atoms in total.